The Bertz CT molecular complexity index is 5410. The monoisotopic (exact) mass is 1670 g/mol. The van der Waals surface area contributed by atoms with Crippen molar-refractivity contribution in [2.75, 3.05) is 0 Å². The fourth-order valence-electron chi connectivity index (χ4n) is 15.3. The summed E-state index contributed by atoms with van der Waals surface area (Å²) in [6, 6.07) is 176. The van der Waals surface area contributed by atoms with Gasteiger partial charge in [0.25, 0.3) is 0 Å². The molecule has 0 saturated carbocycles. The van der Waals surface area contributed by atoms with Gasteiger partial charge in [0.05, 0.1) is 0 Å². The number of hydrogen-bond donors (Lipinski definition) is 0. The van der Waals surface area contributed by atoms with Crippen molar-refractivity contribution in [1.29, 1.82) is 0 Å². The quantitative estimate of drug-likeness (QED) is 0.0514. The standard InChI is InChI=1S/4C27H20P.2ClH.2Ti/c4*1-4-11-21(12-5-1)26-18-10-13-22-19-25(20-27(22)26)28(23-14-6-2-7-15-23)24-16-8-3-9-17-24;;;;/h4*1-20H;2*1H;;/q4*-1;;;2*+2/p-2. The molecule has 0 amide bonds. The molecule has 8 heteroatoms. The van der Waals surface area contributed by atoms with E-state index < -0.39 is 31.7 Å². The summed E-state index contributed by atoms with van der Waals surface area (Å²) in [5, 5.41) is 27.4. The van der Waals surface area contributed by atoms with E-state index in [1.54, 1.807) is 0 Å². The Hall–Kier alpha value is -10.3. The first-order valence-corrected chi connectivity index (χ1v) is 43.6. The zero-order valence-electron chi connectivity index (χ0n) is 63.7. The molecule has 0 aliphatic rings. The van der Waals surface area contributed by atoms with E-state index in [0.717, 1.165) is 0 Å². The molecule has 0 aliphatic heterocycles. The zero-order chi connectivity index (χ0) is 75.0. The number of rotatable bonds is 16. The molecule has 0 nitrogen and oxygen atoms in total. The second kappa shape index (κ2) is 41.0. The minimum Gasteiger partial charge on any atom is -1.00 e. The van der Waals surface area contributed by atoms with Crippen molar-refractivity contribution in [2.45, 2.75) is 0 Å². The maximum absolute atomic E-state index is 2.41. The van der Waals surface area contributed by atoms with Gasteiger partial charge in [0, 0.05) is 0 Å². The van der Waals surface area contributed by atoms with Crippen LogP contribution in [0.25, 0.3) is 87.6 Å². The Morgan fingerprint density at radius 1 is 0.147 bits per heavy atom. The van der Waals surface area contributed by atoms with Gasteiger partial charge in [0.15, 0.2) is 0 Å². The molecule has 0 saturated heterocycles. The van der Waals surface area contributed by atoms with E-state index in [1.807, 2.05) is 0 Å². The summed E-state index contributed by atoms with van der Waals surface area (Å²) < 4.78 is 0. The number of benzene rings is 16. The van der Waals surface area contributed by atoms with Gasteiger partial charge in [-0.25, -0.2) is 0 Å². The van der Waals surface area contributed by atoms with Crippen LogP contribution in [0.1, 0.15) is 0 Å². The largest absolute Gasteiger partial charge is 2.00 e. The van der Waals surface area contributed by atoms with Crippen LogP contribution < -0.4 is 88.5 Å². The second-order valence-corrected chi connectivity index (χ2v) is 36.5. The van der Waals surface area contributed by atoms with Crippen molar-refractivity contribution in [2.24, 2.45) is 0 Å². The summed E-state index contributed by atoms with van der Waals surface area (Å²) in [5.41, 5.74) is 10.3. The molecular weight excluding hydrogens is 1590 g/mol. The Morgan fingerprint density at radius 3 is 0.431 bits per heavy atom. The van der Waals surface area contributed by atoms with Crippen molar-refractivity contribution in [3.63, 3.8) is 0 Å². The third-order valence-corrected chi connectivity index (χ3v) is 30.0. The maximum atomic E-state index is 2.41. The molecule has 20 aromatic carbocycles. The van der Waals surface area contributed by atoms with Crippen LogP contribution in [-0.4, -0.2) is 0 Å². The SMILES string of the molecule is [Cl-].[Cl-].[Ti+2].[Ti+2].c1ccc(-c2cccc3[cH-]c(P(c4ccccc4)c4ccccc4)cc23)cc1.c1ccc(-c2cccc3[cH-]c(P(c4ccccc4)c4ccccc4)cc23)cc1.c1ccc(-c2cccc3[cH-]c(P(c4ccccc4)c4ccccc4)cc23)cc1.c1ccc(-c2cccc3[cH-]c(P(c4ccccc4)c4ccccc4)cc23)cc1. The van der Waals surface area contributed by atoms with Gasteiger partial charge in [0.1, 0.15) is 0 Å². The van der Waals surface area contributed by atoms with Crippen molar-refractivity contribution < 1.29 is 68.2 Å². The molecule has 20 aromatic rings. The van der Waals surface area contributed by atoms with Crippen molar-refractivity contribution in [3.05, 3.63) is 485 Å². The van der Waals surface area contributed by atoms with Crippen LogP contribution >= 0.6 is 31.7 Å². The van der Waals surface area contributed by atoms with E-state index in [1.165, 1.54) is 151 Å². The summed E-state index contributed by atoms with van der Waals surface area (Å²) in [7, 11) is -2.30. The van der Waals surface area contributed by atoms with Crippen LogP contribution in [0.5, 0.6) is 0 Å². The number of halogens is 2. The predicted octanol–water partition coefficient (Wildman–Crippen LogP) is 17.9. The smallest absolute Gasteiger partial charge is 1.00 e. The molecule has 0 spiro atoms. The normalized spacial score (nSPS) is 10.8. The van der Waals surface area contributed by atoms with Gasteiger partial charge >= 0.3 is 43.4 Å². The summed E-state index contributed by atoms with van der Waals surface area (Å²) in [4.78, 5) is 0. The second-order valence-electron chi connectivity index (χ2n) is 27.6. The fraction of sp³-hybridized carbons (Fsp3) is 0. The van der Waals surface area contributed by atoms with Crippen LogP contribution in [0.4, 0.5) is 0 Å². The van der Waals surface area contributed by atoms with E-state index in [0.29, 0.717) is 0 Å². The minimum absolute atomic E-state index is 0. The van der Waals surface area contributed by atoms with Crippen LogP contribution in [0.15, 0.2) is 485 Å². The van der Waals surface area contributed by atoms with Crippen molar-refractivity contribution in [1.82, 2.24) is 0 Å². The van der Waals surface area contributed by atoms with Gasteiger partial charge in [-0.1, -0.05) is 411 Å². The summed E-state index contributed by atoms with van der Waals surface area (Å²) in [6.07, 6.45) is 0. The van der Waals surface area contributed by atoms with Gasteiger partial charge < -0.3 is 24.8 Å². The van der Waals surface area contributed by atoms with Crippen LogP contribution in [0.2, 0.25) is 0 Å². The topological polar surface area (TPSA) is 0 Å². The third kappa shape index (κ3) is 19.4. The first-order chi connectivity index (χ1) is 55.6. The van der Waals surface area contributed by atoms with E-state index >= 15 is 0 Å². The molecule has 0 aliphatic carbocycles. The van der Waals surface area contributed by atoms with E-state index in [9.17, 15) is 0 Å². The number of fused-ring (bicyclic) bond motifs is 4. The molecular formula is C108H80Cl2P4Ti2-2. The zero-order valence-corrected chi connectivity index (χ0v) is 71.9. The van der Waals surface area contributed by atoms with Crippen LogP contribution in [0.3, 0.4) is 0 Å². The Morgan fingerprint density at radius 2 is 0.284 bits per heavy atom. The molecule has 0 fully saturated rings. The molecule has 116 heavy (non-hydrogen) atoms. The fourth-order valence-corrected chi connectivity index (χ4v) is 24.7. The molecule has 0 unspecified atom stereocenters. The Labute approximate surface area is 729 Å². The average molecular weight is 1670 g/mol. The molecule has 0 N–H and O–H groups in total. The van der Waals surface area contributed by atoms with Gasteiger partial charge in [-0.2, -0.15) is 24.3 Å². The molecule has 0 heterocycles. The van der Waals surface area contributed by atoms with E-state index in [-0.39, 0.29) is 68.2 Å². The van der Waals surface area contributed by atoms with Gasteiger partial charge in [-0.15, -0.1) is 137 Å². The predicted molar refractivity (Wildman–Crippen MR) is 495 cm³/mol. The number of hydrogen-bond acceptors (Lipinski definition) is 0. The summed E-state index contributed by atoms with van der Waals surface area (Å²) in [5.74, 6) is 0. The Kier molecular flexibility index (Phi) is 29.6. The first-order valence-electron chi connectivity index (χ1n) is 38.2. The van der Waals surface area contributed by atoms with E-state index in [4.69, 9.17) is 0 Å². The van der Waals surface area contributed by atoms with Crippen molar-refractivity contribution >= 4 is 138 Å². The van der Waals surface area contributed by atoms with Gasteiger partial charge in [-0.3, -0.25) is 0 Å². The van der Waals surface area contributed by atoms with Crippen LogP contribution in [-0.2, 0) is 43.4 Å². The molecule has 20 rings (SSSR count). The Balaban J connectivity index is 0.000000133. The molecule has 556 valence electrons. The molecule has 0 bridgehead atoms. The van der Waals surface area contributed by atoms with Gasteiger partial charge in [0.2, 0.25) is 0 Å². The minimum atomic E-state index is -0.574. The van der Waals surface area contributed by atoms with Crippen LogP contribution in [0, 0.1) is 0 Å². The summed E-state index contributed by atoms with van der Waals surface area (Å²) >= 11 is 0. The summed E-state index contributed by atoms with van der Waals surface area (Å²) in [6.45, 7) is 0. The molecule has 0 atom stereocenters. The molecule has 0 radical (unpaired) electrons. The van der Waals surface area contributed by atoms with E-state index in [2.05, 4.69) is 485 Å². The first kappa shape index (κ1) is 83.6. The molecule has 0 aromatic heterocycles. The third-order valence-electron chi connectivity index (χ3n) is 20.4. The maximum Gasteiger partial charge on any atom is 2.00 e. The van der Waals surface area contributed by atoms with Crippen molar-refractivity contribution in [3.8, 4) is 44.5 Å². The average Bonchev–Trinajstić information content (AvgIpc) is 1.65. The van der Waals surface area contributed by atoms with Gasteiger partial charge in [-0.05, 0) is 96.4 Å².